The minimum atomic E-state index is -0.172. The van der Waals surface area contributed by atoms with Crippen LogP contribution in [0.2, 0.25) is 0 Å². The molecule has 0 bridgehead atoms. The summed E-state index contributed by atoms with van der Waals surface area (Å²) >= 11 is 0. The summed E-state index contributed by atoms with van der Waals surface area (Å²) in [5, 5.41) is 12.2. The van der Waals surface area contributed by atoms with Gasteiger partial charge in [0.1, 0.15) is 0 Å². The van der Waals surface area contributed by atoms with Gasteiger partial charge in [0.2, 0.25) is 0 Å². The van der Waals surface area contributed by atoms with Crippen LogP contribution in [0, 0.1) is 11.3 Å². The van der Waals surface area contributed by atoms with Crippen molar-refractivity contribution in [1.82, 2.24) is 0 Å². The fourth-order valence-electron chi connectivity index (χ4n) is 2.44. The van der Waals surface area contributed by atoms with Gasteiger partial charge in [-0.15, -0.1) is 0 Å². The normalized spacial score (nSPS) is 12.2. The van der Waals surface area contributed by atoms with Gasteiger partial charge in [-0.25, -0.2) is 0 Å². The lowest BCUT2D eigenvalue weighted by atomic mass is 10.00. The Kier molecular flexibility index (Phi) is 2.96. The lowest BCUT2D eigenvalue weighted by molar-refractivity contribution is 0.985. The third kappa shape index (κ3) is 1.94. The Morgan fingerprint density at radius 3 is 2.45 bits per heavy atom. The molecule has 0 spiro atoms. The van der Waals surface area contributed by atoms with Gasteiger partial charge >= 0.3 is 0 Å². The lowest BCUT2D eigenvalue weighted by Gasteiger charge is -2.02. The van der Waals surface area contributed by atoms with E-state index in [9.17, 15) is 4.79 Å². The van der Waals surface area contributed by atoms with Crippen molar-refractivity contribution in [2.75, 3.05) is 0 Å². The number of rotatable bonds is 1. The van der Waals surface area contributed by atoms with Crippen LogP contribution in [0.1, 0.15) is 18.4 Å². The largest absolute Gasteiger partial charge is 0.289 e. The lowest BCUT2D eigenvalue weighted by Crippen LogP contribution is -1.99. The Morgan fingerprint density at radius 1 is 0.950 bits per heavy atom. The quantitative estimate of drug-likeness (QED) is 0.663. The summed E-state index contributed by atoms with van der Waals surface area (Å²) in [4.78, 5) is 12.6. The zero-order valence-electron chi connectivity index (χ0n) is 11.1. The number of fused-ring (bicyclic) bond motifs is 2. The van der Waals surface area contributed by atoms with E-state index in [0.29, 0.717) is 5.39 Å². The number of hydrogen-bond donors (Lipinski definition) is 0. The van der Waals surface area contributed by atoms with E-state index < -0.39 is 0 Å². The van der Waals surface area contributed by atoms with Crippen molar-refractivity contribution in [1.29, 1.82) is 5.26 Å². The zero-order chi connectivity index (χ0) is 14.1. The van der Waals surface area contributed by atoms with Crippen LogP contribution in [0.4, 0.5) is 0 Å². The molecule has 0 saturated carbocycles. The molecule has 1 unspecified atom stereocenters. The number of benzene rings is 2. The molecule has 0 aliphatic rings. The van der Waals surface area contributed by atoms with Gasteiger partial charge in [-0.2, -0.15) is 5.26 Å². The molecule has 96 valence electrons. The number of hydrogen-bond acceptors (Lipinski definition) is 2. The Morgan fingerprint density at radius 2 is 1.65 bits per heavy atom. The van der Waals surface area contributed by atoms with Crippen molar-refractivity contribution in [2.24, 2.45) is 0 Å². The first-order valence-electron chi connectivity index (χ1n) is 6.56. The summed E-state index contributed by atoms with van der Waals surface area (Å²) in [5.74, 6) is -0.172. The van der Waals surface area contributed by atoms with Gasteiger partial charge in [0.25, 0.3) is 0 Å². The standard InChI is InChI=1S/C18H13NO/c1-12(11-19)14-8-9-17-15(10-14)7-6-13-4-2-3-5-16(13)18(17)20/h2-10,12H,1H3. The van der Waals surface area contributed by atoms with Gasteiger partial charge in [0.05, 0.1) is 12.0 Å². The molecule has 0 heterocycles. The van der Waals surface area contributed by atoms with E-state index in [1.165, 1.54) is 0 Å². The summed E-state index contributed by atoms with van der Waals surface area (Å²) in [6, 6.07) is 19.4. The summed E-state index contributed by atoms with van der Waals surface area (Å²) in [6.45, 7) is 1.86. The predicted octanol–water partition coefficient (Wildman–Crippen LogP) is 3.98. The van der Waals surface area contributed by atoms with Crippen LogP contribution >= 0.6 is 0 Å². The molecule has 2 heteroatoms. The second-order valence-corrected chi connectivity index (χ2v) is 4.95. The van der Waals surface area contributed by atoms with Crippen LogP contribution in [0.25, 0.3) is 21.5 Å². The maximum atomic E-state index is 12.6. The molecule has 0 aliphatic heterocycles. The van der Waals surface area contributed by atoms with Crippen molar-refractivity contribution in [3.8, 4) is 6.07 Å². The highest BCUT2D eigenvalue weighted by atomic mass is 16.1. The van der Waals surface area contributed by atoms with Gasteiger partial charge in [-0.3, -0.25) is 4.79 Å². The zero-order valence-corrected chi connectivity index (χ0v) is 11.1. The van der Waals surface area contributed by atoms with Crippen LogP contribution < -0.4 is 5.43 Å². The van der Waals surface area contributed by atoms with Crippen molar-refractivity contribution >= 4 is 21.5 Å². The Balaban J connectivity index is 2.42. The Hall–Kier alpha value is -2.66. The monoisotopic (exact) mass is 259 g/mol. The predicted molar refractivity (Wildman–Crippen MR) is 81.8 cm³/mol. The maximum Gasteiger partial charge on any atom is 0.194 e. The van der Waals surface area contributed by atoms with Gasteiger partial charge in [-0.05, 0) is 29.3 Å². The molecule has 2 nitrogen and oxygen atoms in total. The van der Waals surface area contributed by atoms with Crippen LogP contribution in [0.5, 0.6) is 0 Å². The van der Waals surface area contributed by atoms with Crippen molar-refractivity contribution in [2.45, 2.75) is 12.8 Å². The minimum Gasteiger partial charge on any atom is -0.289 e. The highest BCUT2D eigenvalue weighted by Crippen LogP contribution is 2.21. The topological polar surface area (TPSA) is 40.9 Å². The van der Waals surface area contributed by atoms with E-state index >= 15 is 0 Å². The SMILES string of the molecule is CC(C#N)c1ccc2c(=O)c3ccccc3ccc2c1. The summed E-state index contributed by atoms with van der Waals surface area (Å²) in [6.07, 6.45) is 0. The van der Waals surface area contributed by atoms with E-state index in [1.807, 2.05) is 61.5 Å². The molecule has 0 aromatic heterocycles. The average molecular weight is 259 g/mol. The molecule has 0 aliphatic carbocycles. The van der Waals surface area contributed by atoms with Gasteiger partial charge in [0.15, 0.2) is 5.43 Å². The van der Waals surface area contributed by atoms with Crippen molar-refractivity contribution < 1.29 is 0 Å². The molecular weight excluding hydrogens is 246 g/mol. The highest BCUT2D eigenvalue weighted by Gasteiger charge is 2.06. The molecule has 0 radical (unpaired) electrons. The van der Waals surface area contributed by atoms with E-state index in [1.54, 1.807) is 0 Å². The fourth-order valence-corrected chi connectivity index (χ4v) is 2.44. The summed E-state index contributed by atoms with van der Waals surface area (Å²) in [5.41, 5.74) is 0.978. The second kappa shape index (κ2) is 4.79. The van der Waals surface area contributed by atoms with Gasteiger partial charge in [0, 0.05) is 10.8 Å². The Labute approximate surface area is 116 Å². The first-order chi connectivity index (χ1) is 9.70. The highest BCUT2D eigenvalue weighted by molar-refractivity contribution is 5.93. The molecular formula is C18H13NO. The minimum absolute atomic E-state index is 0.0387. The first-order valence-corrected chi connectivity index (χ1v) is 6.56. The fraction of sp³-hybridized carbons (Fsp3) is 0.111. The van der Waals surface area contributed by atoms with Crippen molar-refractivity contribution in [3.63, 3.8) is 0 Å². The van der Waals surface area contributed by atoms with E-state index in [0.717, 1.165) is 21.7 Å². The molecule has 0 fully saturated rings. The van der Waals surface area contributed by atoms with Gasteiger partial charge in [-0.1, -0.05) is 48.5 Å². The van der Waals surface area contributed by atoms with Crippen LogP contribution in [-0.4, -0.2) is 0 Å². The number of nitriles is 1. The maximum absolute atomic E-state index is 12.6. The molecule has 0 N–H and O–H groups in total. The van der Waals surface area contributed by atoms with Crippen molar-refractivity contribution in [3.05, 3.63) is 70.4 Å². The van der Waals surface area contributed by atoms with Crippen LogP contribution in [0.15, 0.2) is 59.4 Å². The van der Waals surface area contributed by atoms with E-state index in [-0.39, 0.29) is 11.3 Å². The molecule has 0 amide bonds. The summed E-state index contributed by atoms with van der Waals surface area (Å²) < 4.78 is 0. The second-order valence-electron chi connectivity index (χ2n) is 4.95. The molecule has 3 rings (SSSR count). The molecule has 0 saturated heterocycles. The summed E-state index contributed by atoms with van der Waals surface area (Å²) in [7, 11) is 0. The average Bonchev–Trinajstić information content (AvgIpc) is 2.64. The third-order valence-electron chi connectivity index (χ3n) is 3.66. The van der Waals surface area contributed by atoms with E-state index in [4.69, 9.17) is 5.26 Å². The number of nitrogens with zero attached hydrogens (tertiary/aromatic N) is 1. The third-order valence-corrected chi connectivity index (χ3v) is 3.66. The van der Waals surface area contributed by atoms with Gasteiger partial charge < -0.3 is 0 Å². The van der Waals surface area contributed by atoms with E-state index in [2.05, 4.69) is 6.07 Å². The molecule has 20 heavy (non-hydrogen) atoms. The molecule has 3 aromatic carbocycles. The smallest absolute Gasteiger partial charge is 0.194 e. The molecule has 3 aromatic rings. The first kappa shape index (κ1) is 12.4. The Bertz CT molecular complexity index is 906. The van der Waals surface area contributed by atoms with Crippen LogP contribution in [-0.2, 0) is 0 Å². The van der Waals surface area contributed by atoms with Crippen LogP contribution in [0.3, 0.4) is 0 Å². The molecule has 1 atom stereocenters.